The number of rotatable bonds is 11. The minimum Gasteiger partial charge on any atom is -0.369 e. The van der Waals surface area contributed by atoms with Crippen molar-refractivity contribution in [2.75, 3.05) is 18.0 Å². The highest BCUT2D eigenvalue weighted by molar-refractivity contribution is 5.48. The SMILES string of the molecule is CCCCCCCCCN(CCC)c1cccc(F)c1F. The van der Waals surface area contributed by atoms with Crippen LogP contribution in [0, 0.1) is 11.6 Å². The largest absolute Gasteiger partial charge is 0.369 e. The molecule has 0 aliphatic rings. The number of anilines is 1. The zero-order valence-electron chi connectivity index (χ0n) is 13.5. The van der Waals surface area contributed by atoms with Crippen LogP contribution in [0.4, 0.5) is 14.5 Å². The van der Waals surface area contributed by atoms with Crippen LogP contribution in [0.3, 0.4) is 0 Å². The Morgan fingerprint density at radius 3 is 2.14 bits per heavy atom. The van der Waals surface area contributed by atoms with Crippen LogP contribution < -0.4 is 4.90 Å². The van der Waals surface area contributed by atoms with Gasteiger partial charge in [-0.3, -0.25) is 0 Å². The summed E-state index contributed by atoms with van der Waals surface area (Å²) in [7, 11) is 0. The summed E-state index contributed by atoms with van der Waals surface area (Å²) >= 11 is 0. The average Bonchev–Trinajstić information content (AvgIpc) is 2.48. The van der Waals surface area contributed by atoms with Crippen molar-refractivity contribution in [3.63, 3.8) is 0 Å². The summed E-state index contributed by atoms with van der Waals surface area (Å²) in [6.07, 6.45) is 9.57. The van der Waals surface area contributed by atoms with Gasteiger partial charge in [-0.2, -0.15) is 0 Å². The molecule has 0 N–H and O–H groups in total. The molecule has 0 aliphatic carbocycles. The molecule has 0 fully saturated rings. The predicted molar refractivity (Wildman–Crippen MR) is 86.9 cm³/mol. The van der Waals surface area contributed by atoms with Crippen molar-refractivity contribution >= 4 is 5.69 Å². The van der Waals surface area contributed by atoms with Gasteiger partial charge in [-0.25, -0.2) is 8.78 Å². The normalized spacial score (nSPS) is 10.9. The van der Waals surface area contributed by atoms with Gasteiger partial charge in [-0.15, -0.1) is 0 Å². The van der Waals surface area contributed by atoms with Crippen molar-refractivity contribution in [3.05, 3.63) is 29.8 Å². The highest BCUT2D eigenvalue weighted by Crippen LogP contribution is 2.22. The number of hydrogen-bond acceptors (Lipinski definition) is 1. The van der Waals surface area contributed by atoms with E-state index < -0.39 is 11.6 Å². The van der Waals surface area contributed by atoms with Crippen LogP contribution >= 0.6 is 0 Å². The van der Waals surface area contributed by atoms with E-state index in [4.69, 9.17) is 0 Å². The maximum atomic E-state index is 13.9. The molecule has 1 rings (SSSR count). The fourth-order valence-electron chi connectivity index (χ4n) is 2.62. The number of unbranched alkanes of at least 4 members (excludes halogenated alkanes) is 6. The molecule has 0 saturated carbocycles. The van der Waals surface area contributed by atoms with Crippen molar-refractivity contribution < 1.29 is 8.78 Å². The van der Waals surface area contributed by atoms with Gasteiger partial charge in [0.05, 0.1) is 5.69 Å². The molecule has 0 spiro atoms. The highest BCUT2D eigenvalue weighted by atomic mass is 19.2. The minimum absolute atomic E-state index is 0.405. The molecule has 1 aromatic carbocycles. The van der Waals surface area contributed by atoms with Crippen LogP contribution in [0.15, 0.2) is 18.2 Å². The number of halogens is 2. The van der Waals surface area contributed by atoms with E-state index in [1.54, 1.807) is 12.1 Å². The maximum Gasteiger partial charge on any atom is 0.182 e. The van der Waals surface area contributed by atoms with Gasteiger partial charge in [0, 0.05) is 13.1 Å². The maximum absolute atomic E-state index is 13.9. The molecule has 3 heteroatoms. The summed E-state index contributed by atoms with van der Waals surface area (Å²) in [4.78, 5) is 1.98. The van der Waals surface area contributed by atoms with E-state index in [1.807, 2.05) is 4.90 Å². The van der Waals surface area contributed by atoms with Gasteiger partial charge in [-0.05, 0) is 25.0 Å². The fraction of sp³-hybridized carbons (Fsp3) is 0.667. The average molecular weight is 297 g/mol. The molecule has 120 valence electrons. The summed E-state index contributed by atoms with van der Waals surface area (Å²) in [5.74, 6) is -1.47. The molecule has 0 heterocycles. The lowest BCUT2D eigenvalue weighted by molar-refractivity contribution is 0.503. The third-order valence-corrected chi connectivity index (χ3v) is 3.80. The molecule has 0 saturated heterocycles. The van der Waals surface area contributed by atoms with E-state index in [-0.39, 0.29) is 0 Å². The Morgan fingerprint density at radius 1 is 0.810 bits per heavy atom. The molecule has 0 aliphatic heterocycles. The first kappa shape index (κ1) is 17.9. The molecule has 1 aromatic rings. The second-order valence-electron chi connectivity index (χ2n) is 5.68. The zero-order valence-corrected chi connectivity index (χ0v) is 13.5. The Bertz CT molecular complexity index is 393. The minimum atomic E-state index is -0.756. The van der Waals surface area contributed by atoms with Crippen LogP contribution in [0.25, 0.3) is 0 Å². The lowest BCUT2D eigenvalue weighted by atomic mass is 10.1. The van der Waals surface area contributed by atoms with Crippen LogP contribution in [0.2, 0.25) is 0 Å². The topological polar surface area (TPSA) is 3.24 Å². The number of benzene rings is 1. The molecule has 0 radical (unpaired) electrons. The zero-order chi connectivity index (χ0) is 15.5. The van der Waals surface area contributed by atoms with Crippen LogP contribution in [0.1, 0.15) is 65.2 Å². The number of hydrogen-bond donors (Lipinski definition) is 0. The van der Waals surface area contributed by atoms with E-state index in [0.717, 1.165) is 25.9 Å². The van der Waals surface area contributed by atoms with E-state index >= 15 is 0 Å². The van der Waals surface area contributed by atoms with Gasteiger partial charge in [0.15, 0.2) is 11.6 Å². The Morgan fingerprint density at radius 2 is 1.48 bits per heavy atom. The standard InChI is InChI=1S/C18H29F2N/c1-3-5-6-7-8-9-10-15-21(14-4-2)17-13-11-12-16(19)18(17)20/h11-13H,3-10,14-15H2,1-2H3. The molecular weight excluding hydrogens is 268 g/mol. The van der Waals surface area contributed by atoms with Gasteiger partial charge in [0.1, 0.15) is 0 Å². The Hall–Kier alpha value is -1.12. The molecule has 0 aromatic heterocycles. The van der Waals surface area contributed by atoms with Crippen molar-refractivity contribution in [2.45, 2.75) is 65.2 Å². The third kappa shape index (κ3) is 6.45. The number of nitrogens with zero attached hydrogens (tertiary/aromatic N) is 1. The molecule has 0 unspecified atom stereocenters. The van der Waals surface area contributed by atoms with Crippen molar-refractivity contribution in [3.8, 4) is 0 Å². The summed E-state index contributed by atoms with van der Waals surface area (Å²) < 4.78 is 27.2. The molecule has 1 nitrogen and oxygen atoms in total. The molecule has 0 amide bonds. The van der Waals surface area contributed by atoms with Crippen LogP contribution in [-0.2, 0) is 0 Å². The van der Waals surface area contributed by atoms with Crippen molar-refractivity contribution in [1.82, 2.24) is 0 Å². The van der Waals surface area contributed by atoms with Crippen molar-refractivity contribution in [2.24, 2.45) is 0 Å². The Kier molecular flexibility index (Phi) is 9.04. The van der Waals surface area contributed by atoms with Crippen LogP contribution in [-0.4, -0.2) is 13.1 Å². The molecule has 0 atom stereocenters. The lowest BCUT2D eigenvalue weighted by Crippen LogP contribution is -2.26. The van der Waals surface area contributed by atoms with E-state index in [2.05, 4.69) is 13.8 Å². The summed E-state index contributed by atoms with van der Waals surface area (Å²) in [6.45, 7) is 5.86. The molecular formula is C18H29F2N. The monoisotopic (exact) mass is 297 g/mol. The smallest absolute Gasteiger partial charge is 0.182 e. The van der Waals surface area contributed by atoms with E-state index in [1.165, 1.54) is 44.6 Å². The van der Waals surface area contributed by atoms with Gasteiger partial charge < -0.3 is 4.90 Å². The molecule has 0 bridgehead atoms. The van der Waals surface area contributed by atoms with Gasteiger partial charge in [-0.1, -0.05) is 58.4 Å². The predicted octanol–water partition coefficient (Wildman–Crippen LogP) is 5.93. The first-order valence-electron chi connectivity index (χ1n) is 8.39. The third-order valence-electron chi connectivity index (χ3n) is 3.80. The van der Waals surface area contributed by atoms with Gasteiger partial charge in [0.2, 0.25) is 0 Å². The van der Waals surface area contributed by atoms with Crippen molar-refractivity contribution in [1.29, 1.82) is 0 Å². The lowest BCUT2D eigenvalue weighted by Gasteiger charge is -2.25. The van der Waals surface area contributed by atoms with Crippen LogP contribution in [0.5, 0.6) is 0 Å². The quantitative estimate of drug-likeness (QED) is 0.457. The van der Waals surface area contributed by atoms with Gasteiger partial charge in [0.25, 0.3) is 0 Å². The summed E-state index contributed by atoms with van der Waals surface area (Å²) in [6, 6.07) is 4.44. The molecule has 21 heavy (non-hydrogen) atoms. The van der Waals surface area contributed by atoms with E-state index in [0.29, 0.717) is 5.69 Å². The second kappa shape index (κ2) is 10.6. The summed E-state index contributed by atoms with van der Waals surface area (Å²) in [5.41, 5.74) is 0.405. The van der Waals surface area contributed by atoms with Gasteiger partial charge >= 0.3 is 0 Å². The Balaban J connectivity index is 2.41. The Labute approximate surface area is 128 Å². The van der Waals surface area contributed by atoms with E-state index in [9.17, 15) is 8.78 Å². The fourth-order valence-corrected chi connectivity index (χ4v) is 2.62. The highest BCUT2D eigenvalue weighted by Gasteiger charge is 2.13. The summed E-state index contributed by atoms with van der Waals surface area (Å²) in [5, 5.41) is 0. The second-order valence-corrected chi connectivity index (χ2v) is 5.68. The first-order valence-corrected chi connectivity index (χ1v) is 8.39. The first-order chi connectivity index (χ1) is 10.2.